The zero-order valence-corrected chi connectivity index (χ0v) is 14.0. The first-order valence-corrected chi connectivity index (χ1v) is 8.20. The number of pyridine rings is 1. The molecule has 1 aromatic heterocycles. The lowest BCUT2D eigenvalue weighted by atomic mass is 9.99. The summed E-state index contributed by atoms with van der Waals surface area (Å²) in [6, 6.07) is 3.77. The second kappa shape index (κ2) is 8.13. The summed E-state index contributed by atoms with van der Waals surface area (Å²) in [5, 5.41) is 3.34. The molecule has 1 N–H and O–H groups in total. The van der Waals surface area contributed by atoms with Crippen molar-refractivity contribution in [2.75, 3.05) is 45.6 Å². The van der Waals surface area contributed by atoms with Gasteiger partial charge in [-0.05, 0) is 58.0 Å². The lowest BCUT2D eigenvalue weighted by molar-refractivity contribution is 0.0691. The molecule has 0 bridgehead atoms. The maximum Gasteiger partial charge on any atom is 0.272 e. The fourth-order valence-electron chi connectivity index (χ4n) is 2.63. The van der Waals surface area contributed by atoms with Crippen LogP contribution in [0.15, 0.2) is 18.3 Å². The van der Waals surface area contributed by atoms with Crippen molar-refractivity contribution >= 4 is 11.6 Å². The molecular formula is C17H28N4O. The number of nitrogens with one attached hydrogen (secondary N) is 1. The van der Waals surface area contributed by atoms with E-state index in [0.717, 1.165) is 57.0 Å². The molecule has 122 valence electrons. The van der Waals surface area contributed by atoms with Gasteiger partial charge in [0.25, 0.3) is 5.91 Å². The molecule has 0 atom stereocenters. The van der Waals surface area contributed by atoms with E-state index in [1.165, 1.54) is 0 Å². The highest BCUT2D eigenvalue weighted by atomic mass is 16.2. The Bertz CT molecular complexity index is 464. The fourth-order valence-corrected chi connectivity index (χ4v) is 2.63. The van der Waals surface area contributed by atoms with Gasteiger partial charge in [0.2, 0.25) is 0 Å². The van der Waals surface area contributed by atoms with Gasteiger partial charge in [0, 0.05) is 19.6 Å². The van der Waals surface area contributed by atoms with Gasteiger partial charge < -0.3 is 15.1 Å². The summed E-state index contributed by atoms with van der Waals surface area (Å²) >= 11 is 0. The number of likely N-dealkylation sites (tertiary alicyclic amines) is 1. The third-order valence-electron chi connectivity index (χ3n) is 4.16. The van der Waals surface area contributed by atoms with Gasteiger partial charge in [-0.25, -0.2) is 4.98 Å². The molecule has 22 heavy (non-hydrogen) atoms. The third-order valence-corrected chi connectivity index (χ3v) is 4.16. The Labute approximate surface area is 133 Å². The van der Waals surface area contributed by atoms with Gasteiger partial charge >= 0.3 is 0 Å². The normalized spacial score (nSPS) is 16.1. The highest BCUT2D eigenvalue weighted by Gasteiger charge is 2.22. The molecule has 1 aromatic rings. The number of carbonyl (C=O) groups is 1. The van der Waals surface area contributed by atoms with Crippen LogP contribution >= 0.6 is 0 Å². The lowest BCUT2D eigenvalue weighted by Crippen LogP contribution is -2.38. The Balaban J connectivity index is 1.82. The predicted molar refractivity (Wildman–Crippen MR) is 90.2 cm³/mol. The second-order valence-corrected chi connectivity index (χ2v) is 6.49. The van der Waals surface area contributed by atoms with Crippen molar-refractivity contribution in [3.63, 3.8) is 0 Å². The SMILES string of the molecule is CC1CCN(C(=O)c2ccc(NCCCN(C)C)cn2)CC1. The third kappa shape index (κ3) is 4.98. The minimum absolute atomic E-state index is 0.0612. The molecule has 2 heterocycles. The molecule has 5 heteroatoms. The number of nitrogens with zero attached hydrogens (tertiary/aromatic N) is 3. The molecule has 1 aliphatic heterocycles. The Kier molecular flexibility index (Phi) is 6.19. The number of hydrogen-bond donors (Lipinski definition) is 1. The van der Waals surface area contributed by atoms with Gasteiger partial charge in [-0.15, -0.1) is 0 Å². The summed E-state index contributed by atoms with van der Waals surface area (Å²) in [6.07, 6.45) is 5.03. The van der Waals surface area contributed by atoms with Crippen molar-refractivity contribution in [2.24, 2.45) is 5.92 Å². The predicted octanol–water partition coefficient (Wildman–Crippen LogP) is 2.32. The second-order valence-electron chi connectivity index (χ2n) is 6.49. The number of anilines is 1. The van der Waals surface area contributed by atoms with Gasteiger partial charge in [0.1, 0.15) is 5.69 Å². The molecule has 0 spiro atoms. The Morgan fingerprint density at radius 1 is 1.36 bits per heavy atom. The minimum atomic E-state index is 0.0612. The van der Waals surface area contributed by atoms with Crippen LogP contribution in [0.2, 0.25) is 0 Å². The number of amides is 1. The maximum absolute atomic E-state index is 12.4. The molecule has 1 aliphatic rings. The zero-order valence-electron chi connectivity index (χ0n) is 14.0. The molecular weight excluding hydrogens is 276 g/mol. The summed E-state index contributed by atoms with van der Waals surface area (Å²) in [5.74, 6) is 0.789. The standard InChI is InChI=1S/C17H28N4O/c1-14-7-11-21(12-8-14)17(22)16-6-5-15(13-19-16)18-9-4-10-20(2)3/h5-6,13-14,18H,4,7-12H2,1-3H3. The molecule has 0 saturated carbocycles. The van der Waals surface area contributed by atoms with Gasteiger partial charge in [-0.2, -0.15) is 0 Å². The van der Waals surface area contributed by atoms with Crippen molar-refractivity contribution in [3.05, 3.63) is 24.0 Å². The average molecular weight is 304 g/mol. The molecule has 1 amide bonds. The van der Waals surface area contributed by atoms with Crippen molar-refractivity contribution in [1.29, 1.82) is 0 Å². The summed E-state index contributed by atoms with van der Waals surface area (Å²) in [7, 11) is 4.15. The highest BCUT2D eigenvalue weighted by molar-refractivity contribution is 5.92. The number of rotatable bonds is 6. The van der Waals surface area contributed by atoms with E-state index < -0.39 is 0 Å². The minimum Gasteiger partial charge on any atom is -0.384 e. The Morgan fingerprint density at radius 2 is 2.09 bits per heavy atom. The zero-order chi connectivity index (χ0) is 15.9. The molecule has 0 aliphatic carbocycles. The Morgan fingerprint density at radius 3 is 2.68 bits per heavy atom. The molecule has 5 nitrogen and oxygen atoms in total. The highest BCUT2D eigenvalue weighted by Crippen LogP contribution is 2.18. The molecule has 0 unspecified atom stereocenters. The molecule has 2 rings (SSSR count). The van der Waals surface area contributed by atoms with E-state index in [1.807, 2.05) is 17.0 Å². The number of aromatic nitrogens is 1. The van der Waals surface area contributed by atoms with Gasteiger partial charge in [0.05, 0.1) is 11.9 Å². The molecule has 0 radical (unpaired) electrons. The quantitative estimate of drug-likeness (QED) is 0.819. The number of piperidine rings is 1. The molecule has 1 fully saturated rings. The molecule has 0 aromatic carbocycles. The largest absolute Gasteiger partial charge is 0.384 e. The monoisotopic (exact) mass is 304 g/mol. The van der Waals surface area contributed by atoms with Crippen LogP contribution in [0.5, 0.6) is 0 Å². The smallest absolute Gasteiger partial charge is 0.272 e. The van der Waals surface area contributed by atoms with Crippen LogP contribution in [-0.4, -0.2) is 61.0 Å². The van der Waals surface area contributed by atoms with E-state index in [2.05, 4.69) is 36.2 Å². The van der Waals surface area contributed by atoms with Crippen LogP contribution < -0.4 is 5.32 Å². The summed E-state index contributed by atoms with van der Waals surface area (Å²) < 4.78 is 0. The van der Waals surface area contributed by atoms with Crippen LogP contribution in [0.25, 0.3) is 0 Å². The summed E-state index contributed by atoms with van der Waals surface area (Å²) in [4.78, 5) is 20.8. The van der Waals surface area contributed by atoms with Crippen LogP contribution in [0.4, 0.5) is 5.69 Å². The first kappa shape index (κ1) is 16.7. The first-order chi connectivity index (χ1) is 10.6. The van der Waals surface area contributed by atoms with Crippen molar-refractivity contribution in [2.45, 2.75) is 26.2 Å². The van der Waals surface area contributed by atoms with E-state index in [9.17, 15) is 4.79 Å². The number of hydrogen-bond acceptors (Lipinski definition) is 4. The number of carbonyl (C=O) groups excluding carboxylic acids is 1. The first-order valence-electron chi connectivity index (χ1n) is 8.20. The van der Waals surface area contributed by atoms with E-state index >= 15 is 0 Å². The topological polar surface area (TPSA) is 48.5 Å². The summed E-state index contributed by atoms with van der Waals surface area (Å²) in [6.45, 7) is 5.93. The van der Waals surface area contributed by atoms with E-state index in [0.29, 0.717) is 5.69 Å². The van der Waals surface area contributed by atoms with Crippen molar-refractivity contribution in [3.8, 4) is 0 Å². The van der Waals surface area contributed by atoms with Gasteiger partial charge in [0.15, 0.2) is 0 Å². The van der Waals surface area contributed by atoms with Gasteiger partial charge in [-0.1, -0.05) is 6.92 Å². The van der Waals surface area contributed by atoms with Crippen LogP contribution in [-0.2, 0) is 0 Å². The van der Waals surface area contributed by atoms with Crippen molar-refractivity contribution in [1.82, 2.24) is 14.8 Å². The average Bonchev–Trinajstić information content (AvgIpc) is 2.52. The maximum atomic E-state index is 12.4. The fraction of sp³-hybridized carbons (Fsp3) is 0.647. The Hall–Kier alpha value is -1.62. The van der Waals surface area contributed by atoms with Crippen molar-refractivity contribution < 1.29 is 4.79 Å². The molecule has 1 saturated heterocycles. The lowest BCUT2D eigenvalue weighted by Gasteiger charge is -2.30. The van der Waals surface area contributed by atoms with Crippen LogP contribution in [0.1, 0.15) is 36.7 Å². The van der Waals surface area contributed by atoms with Gasteiger partial charge in [-0.3, -0.25) is 4.79 Å². The van der Waals surface area contributed by atoms with Crippen LogP contribution in [0.3, 0.4) is 0 Å². The van der Waals surface area contributed by atoms with E-state index in [4.69, 9.17) is 0 Å². The van der Waals surface area contributed by atoms with E-state index in [1.54, 1.807) is 6.20 Å². The van der Waals surface area contributed by atoms with Crippen LogP contribution in [0, 0.1) is 5.92 Å². The van der Waals surface area contributed by atoms with E-state index in [-0.39, 0.29) is 5.91 Å². The summed E-state index contributed by atoms with van der Waals surface area (Å²) in [5.41, 5.74) is 1.52.